The number of unbranched alkanes of at least 4 members (excludes halogenated alkanes) is 1. The minimum Gasteiger partial charge on any atom is -0.480 e. The van der Waals surface area contributed by atoms with Crippen molar-refractivity contribution in [3.05, 3.63) is 34.9 Å². The summed E-state index contributed by atoms with van der Waals surface area (Å²) >= 11 is 5.78. The molecule has 2 N–H and O–H groups in total. The second-order valence-electron chi connectivity index (χ2n) is 4.02. The van der Waals surface area contributed by atoms with E-state index in [1.807, 2.05) is 6.92 Å². The van der Waals surface area contributed by atoms with E-state index in [0.717, 1.165) is 12.8 Å². The van der Waals surface area contributed by atoms with E-state index in [4.69, 9.17) is 16.7 Å². The van der Waals surface area contributed by atoms with E-state index in [0.29, 0.717) is 17.0 Å². The van der Waals surface area contributed by atoms with Gasteiger partial charge in [-0.05, 0) is 24.6 Å². The molecule has 0 aliphatic heterocycles. The summed E-state index contributed by atoms with van der Waals surface area (Å²) in [4.78, 5) is 22.8. The number of carbonyl (C=O) groups is 2. The number of carboxylic acids is 1. The molecule has 98 valence electrons. The molecule has 18 heavy (non-hydrogen) atoms. The van der Waals surface area contributed by atoms with Gasteiger partial charge in [0.25, 0.3) is 5.91 Å². The molecular weight excluding hydrogens is 254 g/mol. The maximum absolute atomic E-state index is 11.8. The molecule has 0 spiro atoms. The predicted molar refractivity (Wildman–Crippen MR) is 69.9 cm³/mol. The number of hydrogen-bond acceptors (Lipinski definition) is 2. The highest BCUT2D eigenvalue weighted by Crippen LogP contribution is 2.11. The minimum atomic E-state index is -1.01. The van der Waals surface area contributed by atoms with Gasteiger partial charge in [0, 0.05) is 10.6 Å². The largest absolute Gasteiger partial charge is 0.480 e. The van der Waals surface area contributed by atoms with Crippen LogP contribution in [0.3, 0.4) is 0 Å². The van der Waals surface area contributed by atoms with Gasteiger partial charge in [-0.15, -0.1) is 0 Å². The van der Waals surface area contributed by atoms with Crippen molar-refractivity contribution in [2.24, 2.45) is 0 Å². The highest BCUT2D eigenvalue weighted by Gasteiger charge is 2.19. The zero-order valence-electron chi connectivity index (χ0n) is 10.1. The summed E-state index contributed by atoms with van der Waals surface area (Å²) in [6.45, 7) is 1.97. The lowest BCUT2D eigenvalue weighted by Gasteiger charge is -2.14. The van der Waals surface area contributed by atoms with Crippen LogP contribution in [0.15, 0.2) is 24.3 Å². The number of benzene rings is 1. The summed E-state index contributed by atoms with van der Waals surface area (Å²) in [5.74, 6) is -1.43. The summed E-state index contributed by atoms with van der Waals surface area (Å²) in [6.07, 6.45) is 2.07. The van der Waals surface area contributed by atoms with Crippen molar-refractivity contribution in [2.75, 3.05) is 0 Å². The fourth-order valence-electron chi connectivity index (χ4n) is 1.54. The van der Waals surface area contributed by atoms with Crippen molar-refractivity contribution in [3.8, 4) is 0 Å². The van der Waals surface area contributed by atoms with Crippen LogP contribution in [-0.4, -0.2) is 23.0 Å². The van der Waals surface area contributed by atoms with Crippen molar-refractivity contribution < 1.29 is 14.7 Å². The number of hydrogen-bond donors (Lipinski definition) is 2. The minimum absolute atomic E-state index is 0.366. The molecule has 1 aromatic carbocycles. The first kappa shape index (κ1) is 14.5. The Kier molecular flexibility index (Phi) is 5.65. The van der Waals surface area contributed by atoms with Gasteiger partial charge in [0.2, 0.25) is 0 Å². The maximum Gasteiger partial charge on any atom is 0.326 e. The molecule has 0 aliphatic carbocycles. The van der Waals surface area contributed by atoms with Crippen LogP contribution in [0.4, 0.5) is 0 Å². The molecule has 1 atom stereocenters. The molecule has 0 fully saturated rings. The molecule has 1 rings (SSSR count). The van der Waals surface area contributed by atoms with E-state index in [2.05, 4.69) is 5.32 Å². The van der Waals surface area contributed by atoms with Crippen molar-refractivity contribution in [2.45, 2.75) is 32.2 Å². The van der Waals surface area contributed by atoms with Crippen molar-refractivity contribution >= 4 is 23.5 Å². The van der Waals surface area contributed by atoms with Crippen LogP contribution in [0.25, 0.3) is 0 Å². The van der Waals surface area contributed by atoms with Crippen LogP contribution in [-0.2, 0) is 4.79 Å². The Morgan fingerprint density at radius 3 is 2.72 bits per heavy atom. The molecule has 1 amide bonds. The number of rotatable bonds is 6. The predicted octanol–water partition coefficient (Wildman–Crippen LogP) is 2.71. The Bertz CT molecular complexity index is 434. The number of carboxylic acid groups (broad SMARTS) is 1. The third-order valence-electron chi connectivity index (χ3n) is 2.54. The lowest BCUT2D eigenvalue weighted by atomic mass is 10.1. The average Bonchev–Trinajstić information content (AvgIpc) is 2.33. The average molecular weight is 270 g/mol. The molecule has 0 bridgehead atoms. The van der Waals surface area contributed by atoms with Gasteiger partial charge in [0.15, 0.2) is 0 Å². The van der Waals surface area contributed by atoms with Crippen LogP contribution in [0, 0.1) is 0 Å². The number of amides is 1. The number of nitrogens with one attached hydrogen (secondary N) is 1. The fourth-order valence-corrected chi connectivity index (χ4v) is 1.73. The lowest BCUT2D eigenvalue weighted by molar-refractivity contribution is -0.139. The third-order valence-corrected chi connectivity index (χ3v) is 2.77. The zero-order valence-corrected chi connectivity index (χ0v) is 10.9. The first-order valence-corrected chi connectivity index (χ1v) is 6.21. The molecule has 0 heterocycles. The number of halogens is 1. The van der Waals surface area contributed by atoms with E-state index >= 15 is 0 Å². The molecule has 0 aromatic heterocycles. The topological polar surface area (TPSA) is 66.4 Å². The van der Waals surface area contributed by atoms with Crippen LogP contribution in [0.1, 0.15) is 36.5 Å². The van der Waals surface area contributed by atoms with Gasteiger partial charge < -0.3 is 10.4 Å². The third kappa shape index (κ3) is 4.37. The Balaban J connectivity index is 2.69. The number of carbonyl (C=O) groups excluding carboxylic acids is 1. The van der Waals surface area contributed by atoms with Gasteiger partial charge in [0.05, 0.1) is 0 Å². The molecule has 1 aromatic rings. The van der Waals surface area contributed by atoms with Crippen LogP contribution in [0.2, 0.25) is 5.02 Å². The Hall–Kier alpha value is -1.55. The molecule has 4 nitrogen and oxygen atoms in total. The molecular formula is C13H16ClNO3. The Morgan fingerprint density at radius 1 is 1.44 bits per heavy atom. The van der Waals surface area contributed by atoms with Crippen molar-refractivity contribution in [1.29, 1.82) is 0 Å². The van der Waals surface area contributed by atoms with Crippen molar-refractivity contribution in [1.82, 2.24) is 5.32 Å². The zero-order chi connectivity index (χ0) is 13.5. The smallest absolute Gasteiger partial charge is 0.326 e. The van der Waals surface area contributed by atoms with Gasteiger partial charge in [-0.1, -0.05) is 37.4 Å². The van der Waals surface area contributed by atoms with Crippen LogP contribution >= 0.6 is 11.6 Å². The monoisotopic (exact) mass is 269 g/mol. The highest BCUT2D eigenvalue weighted by molar-refractivity contribution is 6.30. The fraction of sp³-hybridized carbons (Fsp3) is 0.385. The van der Waals surface area contributed by atoms with E-state index in [9.17, 15) is 9.59 Å². The second kappa shape index (κ2) is 7.01. The van der Waals surface area contributed by atoms with Gasteiger partial charge in [0.1, 0.15) is 6.04 Å². The Labute approximate surface area is 111 Å². The quantitative estimate of drug-likeness (QED) is 0.834. The van der Waals surface area contributed by atoms with Crippen LogP contribution in [0.5, 0.6) is 0 Å². The SMILES string of the molecule is CCCCC(NC(=O)c1cccc(Cl)c1)C(=O)O. The first-order valence-electron chi connectivity index (χ1n) is 5.83. The van der Waals surface area contributed by atoms with E-state index in [1.54, 1.807) is 18.2 Å². The highest BCUT2D eigenvalue weighted by atomic mass is 35.5. The molecule has 1 unspecified atom stereocenters. The van der Waals surface area contributed by atoms with E-state index < -0.39 is 17.9 Å². The summed E-state index contributed by atoms with van der Waals surface area (Å²) in [6, 6.07) is 5.56. The molecule has 0 radical (unpaired) electrons. The molecule has 0 saturated heterocycles. The standard InChI is InChI=1S/C13H16ClNO3/c1-2-3-7-11(13(17)18)15-12(16)9-5-4-6-10(14)8-9/h4-6,8,11H,2-3,7H2,1H3,(H,15,16)(H,17,18). The summed E-state index contributed by atoms with van der Waals surface area (Å²) < 4.78 is 0. The summed E-state index contributed by atoms with van der Waals surface area (Å²) in [7, 11) is 0. The van der Waals surface area contributed by atoms with E-state index in [-0.39, 0.29) is 0 Å². The number of aliphatic carboxylic acids is 1. The van der Waals surface area contributed by atoms with Gasteiger partial charge in [-0.25, -0.2) is 4.79 Å². The molecule has 0 saturated carbocycles. The normalized spacial score (nSPS) is 11.9. The maximum atomic E-state index is 11.8. The molecule has 5 heteroatoms. The van der Waals surface area contributed by atoms with E-state index in [1.165, 1.54) is 6.07 Å². The van der Waals surface area contributed by atoms with Crippen molar-refractivity contribution in [3.63, 3.8) is 0 Å². The van der Waals surface area contributed by atoms with Crippen LogP contribution < -0.4 is 5.32 Å². The molecule has 0 aliphatic rings. The van der Waals surface area contributed by atoms with Gasteiger partial charge in [-0.3, -0.25) is 4.79 Å². The second-order valence-corrected chi connectivity index (χ2v) is 4.45. The van der Waals surface area contributed by atoms with Gasteiger partial charge in [-0.2, -0.15) is 0 Å². The summed E-state index contributed by atoms with van der Waals surface area (Å²) in [5, 5.41) is 12.0. The van der Waals surface area contributed by atoms with Gasteiger partial charge >= 0.3 is 5.97 Å². The first-order chi connectivity index (χ1) is 8.54. The Morgan fingerprint density at radius 2 is 2.17 bits per heavy atom. The lowest BCUT2D eigenvalue weighted by Crippen LogP contribution is -2.40. The summed E-state index contributed by atoms with van der Waals surface area (Å²) in [5.41, 5.74) is 0.366.